The smallest absolute Gasteiger partial charge is 0.174 e. The molecule has 1 aromatic carbocycles. The van der Waals surface area contributed by atoms with Gasteiger partial charge >= 0.3 is 0 Å². The maximum absolute atomic E-state index is 5.77. The number of pyridine rings is 1. The summed E-state index contributed by atoms with van der Waals surface area (Å²) < 4.78 is 5.47. The second-order valence-corrected chi connectivity index (χ2v) is 8.49. The Bertz CT molecular complexity index is 956. The Balaban J connectivity index is 1.48. The highest BCUT2D eigenvalue weighted by Gasteiger charge is 2.41. The molecule has 0 amide bonds. The van der Waals surface area contributed by atoms with E-state index in [-0.39, 0.29) is 12.1 Å². The van der Waals surface area contributed by atoms with Gasteiger partial charge in [-0.25, -0.2) is 0 Å². The van der Waals surface area contributed by atoms with Crippen molar-refractivity contribution >= 4 is 40.0 Å². The number of rotatable bonds is 4. The number of thiophene rings is 1. The summed E-state index contributed by atoms with van der Waals surface area (Å²) in [6.07, 6.45) is 1.84. The van der Waals surface area contributed by atoms with Gasteiger partial charge in [-0.05, 0) is 60.1 Å². The molecule has 29 heavy (non-hydrogen) atoms. The molecule has 2 atom stereocenters. The van der Waals surface area contributed by atoms with Crippen LogP contribution < -0.4 is 15.1 Å². The molecule has 2 saturated heterocycles. The Labute approximate surface area is 179 Å². The molecule has 2 fully saturated rings. The monoisotopic (exact) mass is 422 g/mol. The third-order valence-electron chi connectivity index (χ3n) is 5.44. The van der Waals surface area contributed by atoms with Crippen molar-refractivity contribution in [1.29, 1.82) is 0 Å². The van der Waals surface area contributed by atoms with Crippen LogP contribution in [0.15, 0.2) is 66.2 Å². The van der Waals surface area contributed by atoms with E-state index in [1.165, 1.54) is 10.6 Å². The molecule has 148 valence electrons. The number of nitrogens with zero attached hydrogens (tertiary/aromatic N) is 3. The molecule has 1 N–H and O–H groups in total. The summed E-state index contributed by atoms with van der Waals surface area (Å²) in [6.45, 7) is 3.44. The van der Waals surface area contributed by atoms with Gasteiger partial charge in [0.05, 0.1) is 31.0 Å². The number of aromatic nitrogens is 1. The maximum atomic E-state index is 5.77. The van der Waals surface area contributed by atoms with E-state index in [4.69, 9.17) is 17.0 Å². The van der Waals surface area contributed by atoms with Crippen LogP contribution in [0.5, 0.6) is 0 Å². The minimum atomic E-state index is 0.0151. The standard InChI is InChI=1S/C22H22N4OS2/c28-22-24-20(18-4-1-2-10-23-18)21(19-5-3-15-29-19)26(22)17-8-6-16(7-9-17)25-11-13-27-14-12-25/h1-10,15,20-21H,11-14H2,(H,24,28)/t20-,21+/m1/s1. The fourth-order valence-corrected chi connectivity index (χ4v) is 5.23. The highest BCUT2D eigenvalue weighted by atomic mass is 32.1. The van der Waals surface area contributed by atoms with Crippen molar-refractivity contribution in [1.82, 2.24) is 10.3 Å². The number of thiocarbonyl (C=S) groups is 1. The molecule has 4 heterocycles. The molecule has 2 aliphatic rings. The lowest BCUT2D eigenvalue weighted by Crippen LogP contribution is -2.36. The first kappa shape index (κ1) is 18.5. The normalized spacial score (nSPS) is 22.0. The van der Waals surface area contributed by atoms with Crippen molar-refractivity contribution in [3.8, 4) is 0 Å². The predicted molar refractivity (Wildman–Crippen MR) is 122 cm³/mol. The predicted octanol–water partition coefficient (Wildman–Crippen LogP) is 4.16. The second kappa shape index (κ2) is 8.10. The fourth-order valence-electron chi connectivity index (χ4n) is 4.03. The lowest BCUT2D eigenvalue weighted by molar-refractivity contribution is 0.122. The first-order valence-corrected chi connectivity index (χ1v) is 11.1. The number of ether oxygens (including phenoxy) is 1. The summed E-state index contributed by atoms with van der Waals surface area (Å²) >= 11 is 7.53. The molecule has 0 radical (unpaired) electrons. The molecule has 0 aliphatic carbocycles. The summed E-state index contributed by atoms with van der Waals surface area (Å²) in [6, 6.07) is 19.1. The van der Waals surface area contributed by atoms with E-state index in [9.17, 15) is 0 Å². The van der Waals surface area contributed by atoms with E-state index in [2.05, 4.69) is 67.9 Å². The minimum absolute atomic E-state index is 0.0151. The summed E-state index contributed by atoms with van der Waals surface area (Å²) in [4.78, 5) is 10.5. The zero-order valence-corrected chi connectivity index (χ0v) is 17.5. The third kappa shape index (κ3) is 3.61. The van der Waals surface area contributed by atoms with Gasteiger partial charge in [0.15, 0.2) is 5.11 Å². The highest BCUT2D eigenvalue weighted by molar-refractivity contribution is 7.80. The van der Waals surface area contributed by atoms with Gasteiger partial charge in [0.25, 0.3) is 0 Å². The van der Waals surface area contributed by atoms with Gasteiger partial charge in [-0.2, -0.15) is 0 Å². The van der Waals surface area contributed by atoms with Crippen molar-refractivity contribution < 1.29 is 4.74 Å². The van der Waals surface area contributed by atoms with Gasteiger partial charge in [-0.3, -0.25) is 4.98 Å². The van der Waals surface area contributed by atoms with Crippen LogP contribution in [-0.2, 0) is 4.74 Å². The highest BCUT2D eigenvalue weighted by Crippen LogP contribution is 2.43. The van der Waals surface area contributed by atoms with Gasteiger partial charge in [0, 0.05) is 35.5 Å². The summed E-state index contributed by atoms with van der Waals surface area (Å²) in [5.74, 6) is 0. The van der Waals surface area contributed by atoms with Crippen LogP contribution in [0.25, 0.3) is 0 Å². The molecule has 2 aliphatic heterocycles. The average Bonchev–Trinajstić information content (AvgIpc) is 3.43. The molecule has 0 bridgehead atoms. The van der Waals surface area contributed by atoms with Crippen LogP contribution in [0.4, 0.5) is 11.4 Å². The van der Waals surface area contributed by atoms with E-state index in [0.717, 1.165) is 42.8 Å². The summed E-state index contributed by atoms with van der Waals surface area (Å²) in [7, 11) is 0. The number of anilines is 2. The lowest BCUT2D eigenvalue weighted by atomic mass is 10.0. The van der Waals surface area contributed by atoms with E-state index >= 15 is 0 Å². The zero-order valence-electron chi connectivity index (χ0n) is 15.9. The van der Waals surface area contributed by atoms with Crippen molar-refractivity contribution in [2.75, 3.05) is 36.1 Å². The van der Waals surface area contributed by atoms with Crippen LogP contribution in [-0.4, -0.2) is 36.4 Å². The third-order valence-corrected chi connectivity index (χ3v) is 6.69. The molecule has 2 aromatic heterocycles. The van der Waals surface area contributed by atoms with Crippen LogP contribution in [0.1, 0.15) is 22.7 Å². The second-order valence-electron chi connectivity index (χ2n) is 7.13. The molecular formula is C22H22N4OS2. The van der Waals surface area contributed by atoms with Crippen LogP contribution in [0.2, 0.25) is 0 Å². The average molecular weight is 423 g/mol. The first-order valence-electron chi connectivity index (χ1n) is 9.78. The van der Waals surface area contributed by atoms with Crippen LogP contribution >= 0.6 is 23.6 Å². The van der Waals surface area contributed by atoms with Crippen molar-refractivity contribution in [3.05, 3.63) is 76.7 Å². The SMILES string of the molecule is S=C1N[C@H](c2ccccn2)[C@H](c2cccs2)N1c1ccc(N2CCOCC2)cc1. The largest absolute Gasteiger partial charge is 0.378 e. The van der Waals surface area contributed by atoms with Crippen molar-refractivity contribution in [3.63, 3.8) is 0 Å². The van der Waals surface area contributed by atoms with Gasteiger partial charge in [0.2, 0.25) is 0 Å². The number of morpholine rings is 1. The Kier molecular flexibility index (Phi) is 5.18. The Morgan fingerprint density at radius 2 is 1.79 bits per heavy atom. The molecule has 0 spiro atoms. The quantitative estimate of drug-likeness (QED) is 0.637. The van der Waals surface area contributed by atoms with Gasteiger partial charge in [0.1, 0.15) is 0 Å². The van der Waals surface area contributed by atoms with Gasteiger partial charge in [-0.15, -0.1) is 11.3 Å². The minimum Gasteiger partial charge on any atom is -0.378 e. The van der Waals surface area contributed by atoms with Gasteiger partial charge in [-0.1, -0.05) is 12.1 Å². The fraction of sp³-hybridized carbons (Fsp3) is 0.273. The molecule has 0 saturated carbocycles. The molecule has 0 unspecified atom stereocenters. The van der Waals surface area contributed by atoms with Crippen molar-refractivity contribution in [2.45, 2.75) is 12.1 Å². The number of hydrogen-bond acceptors (Lipinski definition) is 5. The van der Waals surface area contributed by atoms with E-state index in [1.54, 1.807) is 11.3 Å². The van der Waals surface area contributed by atoms with E-state index < -0.39 is 0 Å². The van der Waals surface area contributed by atoms with E-state index in [1.807, 2.05) is 18.3 Å². The number of hydrogen-bond donors (Lipinski definition) is 1. The maximum Gasteiger partial charge on any atom is 0.174 e. The van der Waals surface area contributed by atoms with E-state index in [0.29, 0.717) is 0 Å². The Hall–Kier alpha value is -2.48. The topological polar surface area (TPSA) is 40.6 Å². The van der Waals surface area contributed by atoms with Crippen molar-refractivity contribution in [2.24, 2.45) is 0 Å². The summed E-state index contributed by atoms with van der Waals surface area (Å²) in [5.41, 5.74) is 3.32. The molecule has 5 rings (SSSR count). The van der Waals surface area contributed by atoms with Gasteiger partial charge < -0.3 is 19.9 Å². The summed E-state index contributed by atoms with van der Waals surface area (Å²) in [5, 5.41) is 6.36. The van der Waals surface area contributed by atoms with Crippen LogP contribution in [0, 0.1) is 0 Å². The lowest BCUT2D eigenvalue weighted by Gasteiger charge is -2.30. The first-order chi connectivity index (χ1) is 14.3. The zero-order chi connectivity index (χ0) is 19.6. The Morgan fingerprint density at radius 3 is 2.48 bits per heavy atom. The molecule has 7 heteroatoms. The molecular weight excluding hydrogens is 400 g/mol. The van der Waals surface area contributed by atoms with Crippen LogP contribution in [0.3, 0.4) is 0 Å². The number of benzene rings is 1. The molecule has 5 nitrogen and oxygen atoms in total. The number of nitrogens with one attached hydrogen (secondary N) is 1. The Morgan fingerprint density at radius 1 is 1.00 bits per heavy atom. The molecule has 3 aromatic rings.